The first-order chi connectivity index (χ1) is 11.6. The Kier molecular flexibility index (Phi) is 6.67. The summed E-state index contributed by atoms with van der Waals surface area (Å²) in [7, 11) is 3.51. The fourth-order valence-corrected chi connectivity index (χ4v) is 3.35. The normalized spacial score (nSPS) is 12.1. The zero-order valence-electron chi connectivity index (χ0n) is 14.9. The van der Waals surface area contributed by atoms with E-state index in [-0.39, 0.29) is 5.41 Å². The number of rotatable bonds is 7. The van der Waals surface area contributed by atoms with Crippen LogP contribution >= 0.6 is 11.3 Å². The van der Waals surface area contributed by atoms with Crippen LogP contribution in [-0.2, 0) is 11.8 Å². The number of hydrogen-bond acceptors (Lipinski definition) is 3. The largest absolute Gasteiger partial charge is 0.496 e. The molecule has 0 atom stereocenters. The van der Waals surface area contributed by atoms with Gasteiger partial charge in [-0.2, -0.15) is 0 Å². The van der Waals surface area contributed by atoms with Gasteiger partial charge in [-0.15, -0.1) is 11.3 Å². The predicted molar refractivity (Wildman–Crippen MR) is 103 cm³/mol. The minimum Gasteiger partial charge on any atom is -0.496 e. The Balaban J connectivity index is 1.83. The van der Waals surface area contributed by atoms with Gasteiger partial charge in [0.1, 0.15) is 5.75 Å². The van der Waals surface area contributed by atoms with Gasteiger partial charge in [-0.05, 0) is 29.5 Å². The monoisotopic (exact) mass is 345 g/mol. The molecule has 0 spiro atoms. The Morgan fingerprint density at radius 2 is 1.96 bits per heavy atom. The average Bonchev–Trinajstić information content (AvgIpc) is 3.14. The molecule has 2 aromatic rings. The Morgan fingerprint density at radius 3 is 2.62 bits per heavy atom. The molecule has 0 aliphatic heterocycles. The van der Waals surface area contributed by atoms with Crippen LogP contribution in [0.1, 0.15) is 24.3 Å². The van der Waals surface area contributed by atoms with Crippen molar-refractivity contribution in [1.82, 2.24) is 10.6 Å². The second kappa shape index (κ2) is 8.73. The summed E-state index contributed by atoms with van der Waals surface area (Å²) in [6.45, 7) is 6.13. The minimum absolute atomic E-state index is 0.0778. The van der Waals surface area contributed by atoms with Crippen LogP contribution in [0.25, 0.3) is 0 Å². The molecule has 0 saturated heterocycles. The van der Waals surface area contributed by atoms with Gasteiger partial charge in [-0.1, -0.05) is 38.1 Å². The number of hydrogen-bond donors (Lipinski definition) is 2. The summed E-state index contributed by atoms with van der Waals surface area (Å²) in [5.41, 5.74) is 1.27. The quantitative estimate of drug-likeness (QED) is 0.597. The number of ether oxygens (including phenoxy) is 1. The average molecular weight is 346 g/mol. The van der Waals surface area contributed by atoms with E-state index in [2.05, 4.69) is 53.1 Å². The predicted octanol–water partition coefficient (Wildman–Crippen LogP) is 3.44. The van der Waals surface area contributed by atoms with Gasteiger partial charge < -0.3 is 15.4 Å². The fourth-order valence-electron chi connectivity index (χ4n) is 2.50. The van der Waals surface area contributed by atoms with Gasteiger partial charge >= 0.3 is 0 Å². The molecule has 0 aliphatic carbocycles. The molecule has 2 rings (SSSR count). The maximum absolute atomic E-state index is 5.39. The van der Waals surface area contributed by atoms with Gasteiger partial charge in [-0.25, -0.2) is 0 Å². The van der Waals surface area contributed by atoms with Gasteiger partial charge in [0.05, 0.1) is 7.11 Å². The van der Waals surface area contributed by atoms with Crippen LogP contribution < -0.4 is 15.4 Å². The van der Waals surface area contributed by atoms with Gasteiger partial charge in [0, 0.05) is 30.4 Å². The van der Waals surface area contributed by atoms with Crippen molar-refractivity contribution in [3.05, 3.63) is 52.2 Å². The first kappa shape index (κ1) is 18.3. The second-order valence-corrected chi connectivity index (χ2v) is 7.22. The van der Waals surface area contributed by atoms with E-state index in [0.717, 1.165) is 31.2 Å². The molecule has 24 heavy (non-hydrogen) atoms. The molecule has 130 valence electrons. The molecule has 1 heterocycles. The van der Waals surface area contributed by atoms with Crippen LogP contribution in [0.4, 0.5) is 0 Å². The van der Waals surface area contributed by atoms with Crippen molar-refractivity contribution in [2.45, 2.75) is 25.7 Å². The number of aliphatic imine (C=N–C) groups is 1. The highest BCUT2D eigenvalue weighted by Crippen LogP contribution is 2.26. The highest BCUT2D eigenvalue weighted by molar-refractivity contribution is 7.10. The van der Waals surface area contributed by atoms with E-state index in [0.29, 0.717) is 0 Å². The number of methoxy groups -OCH3 is 1. The first-order valence-electron chi connectivity index (χ1n) is 8.17. The van der Waals surface area contributed by atoms with Crippen molar-refractivity contribution in [1.29, 1.82) is 0 Å². The maximum atomic E-state index is 5.39. The Morgan fingerprint density at radius 1 is 1.17 bits per heavy atom. The van der Waals surface area contributed by atoms with Gasteiger partial charge in [0.15, 0.2) is 5.96 Å². The zero-order valence-corrected chi connectivity index (χ0v) is 15.7. The number of guanidine groups is 1. The van der Waals surface area contributed by atoms with Crippen LogP contribution in [0, 0.1) is 0 Å². The molecular weight excluding hydrogens is 318 g/mol. The number of benzene rings is 1. The van der Waals surface area contributed by atoms with Crippen LogP contribution in [0.15, 0.2) is 46.8 Å². The molecule has 0 saturated carbocycles. The van der Waals surface area contributed by atoms with Crippen molar-refractivity contribution in [3.8, 4) is 5.75 Å². The molecule has 0 radical (unpaired) electrons. The molecular formula is C19H27N3OS. The van der Waals surface area contributed by atoms with Crippen LogP contribution in [0.2, 0.25) is 0 Å². The van der Waals surface area contributed by atoms with Crippen molar-refractivity contribution in [3.63, 3.8) is 0 Å². The van der Waals surface area contributed by atoms with Crippen molar-refractivity contribution < 1.29 is 4.74 Å². The lowest BCUT2D eigenvalue weighted by atomic mass is 9.91. The zero-order chi connectivity index (χ0) is 17.4. The van der Waals surface area contributed by atoms with Gasteiger partial charge in [-0.3, -0.25) is 4.99 Å². The summed E-state index contributed by atoms with van der Waals surface area (Å²) in [6, 6.07) is 12.4. The van der Waals surface area contributed by atoms with E-state index in [1.165, 1.54) is 10.4 Å². The third-order valence-electron chi connectivity index (χ3n) is 3.99. The lowest BCUT2D eigenvalue weighted by Gasteiger charge is -2.25. The van der Waals surface area contributed by atoms with Crippen LogP contribution in [0.3, 0.4) is 0 Å². The van der Waals surface area contributed by atoms with Gasteiger partial charge in [0.2, 0.25) is 0 Å². The van der Waals surface area contributed by atoms with Crippen molar-refractivity contribution >= 4 is 17.3 Å². The summed E-state index contributed by atoms with van der Waals surface area (Å²) < 4.78 is 5.39. The topological polar surface area (TPSA) is 45.7 Å². The molecule has 0 fully saturated rings. The molecule has 2 N–H and O–H groups in total. The molecule has 0 amide bonds. The Labute approximate surface area is 149 Å². The Bertz CT molecular complexity index is 650. The molecule has 0 bridgehead atoms. The standard InChI is InChI=1S/C19H27N3OS/c1-19(2,17-10-7-13-24-17)14-22-18(20-3)21-12-11-15-8-5-6-9-16(15)23-4/h5-10,13H,11-12,14H2,1-4H3,(H2,20,21,22). The third kappa shape index (κ3) is 4.99. The smallest absolute Gasteiger partial charge is 0.191 e. The second-order valence-electron chi connectivity index (χ2n) is 6.28. The number of thiophene rings is 1. The first-order valence-corrected chi connectivity index (χ1v) is 9.05. The summed E-state index contributed by atoms with van der Waals surface area (Å²) in [6.07, 6.45) is 0.888. The highest BCUT2D eigenvalue weighted by atomic mass is 32.1. The fraction of sp³-hybridized carbons (Fsp3) is 0.421. The van der Waals surface area contributed by atoms with Crippen molar-refractivity contribution in [2.75, 3.05) is 27.2 Å². The molecule has 0 unspecified atom stereocenters. The lowest BCUT2D eigenvalue weighted by molar-refractivity contribution is 0.409. The van der Waals surface area contributed by atoms with E-state index in [9.17, 15) is 0 Å². The van der Waals surface area contributed by atoms with Crippen molar-refractivity contribution in [2.24, 2.45) is 4.99 Å². The van der Waals surface area contributed by atoms with E-state index in [1.54, 1.807) is 25.5 Å². The van der Waals surface area contributed by atoms with E-state index < -0.39 is 0 Å². The molecule has 5 heteroatoms. The van der Waals surface area contributed by atoms with E-state index >= 15 is 0 Å². The minimum atomic E-state index is 0.0778. The maximum Gasteiger partial charge on any atom is 0.191 e. The summed E-state index contributed by atoms with van der Waals surface area (Å²) in [5.74, 6) is 1.76. The molecule has 4 nitrogen and oxygen atoms in total. The van der Waals surface area contributed by atoms with E-state index in [4.69, 9.17) is 4.74 Å². The van der Waals surface area contributed by atoms with Crippen LogP contribution in [0.5, 0.6) is 5.75 Å². The summed E-state index contributed by atoms with van der Waals surface area (Å²) in [4.78, 5) is 5.69. The number of nitrogens with zero attached hydrogens (tertiary/aromatic N) is 1. The third-order valence-corrected chi connectivity index (χ3v) is 5.22. The lowest BCUT2D eigenvalue weighted by Crippen LogP contribution is -2.43. The van der Waals surface area contributed by atoms with Gasteiger partial charge in [0.25, 0.3) is 0 Å². The Hall–Kier alpha value is -2.01. The van der Waals surface area contributed by atoms with E-state index in [1.807, 2.05) is 18.2 Å². The highest BCUT2D eigenvalue weighted by Gasteiger charge is 2.21. The number of para-hydroxylation sites is 1. The summed E-state index contributed by atoms with van der Waals surface area (Å²) >= 11 is 1.79. The summed E-state index contributed by atoms with van der Waals surface area (Å²) in [5, 5.41) is 8.92. The number of nitrogens with one attached hydrogen (secondary N) is 2. The SMILES string of the molecule is CN=C(NCCc1ccccc1OC)NCC(C)(C)c1cccs1. The molecule has 0 aliphatic rings. The van der Waals surface area contributed by atoms with Crippen LogP contribution in [-0.4, -0.2) is 33.2 Å². The molecule has 1 aromatic heterocycles. The molecule has 1 aromatic carbocycles.